The van der Waals surface area contributed by atoms with Crippen molar-refractivity contribution in [1.82, 2.24) is 9.97 Å². The van der Waals surface area contributed by atoms with Gasteiger partial charge in [-0.05, 0) is 37.3 Å². The number of aromatic nitrogens is 2. The van der Waals surface area contributed by atoms with Gasteiger partial charge in [0.2, 0.25) is 9.84 Å². The van der Waals surface area contributed by atoms with Crippen LogP contribution in [0.5, 0.6) is 0 Å². The molecule has 3 aromatic rings. The van der Waals surface area contributed by atoms with Gasteiger partial charge in [-0.1, -0.05) is 17.7 Å². The third kappa shape index (κ3) is 2.35. The number of aromatic amines is 2. The van der Waals surface area contributed by atoms with Gasteiger partial charge in [-0.25, -0.2) is 13.2 Å². The average molecular weight is 316 g/mol. The van der Waals surface area contributed by atoms with Gasteiger partial charge >= 0.3 is 5.69 Å². The molecule has 0 saturated heterocycles. The molecule has 0 atom stereocenters. The number of H-pyrrole nitrogens is 2. The van der Waals surface area contributed by atoms with Gasteiger partial charge in [0.15, 0.2) is 0 Å². The Balaban J connectivity index is 2.23. The minimum Gasteiger partial charge on any atom is -0.307 e. The van der Waals surface area contributed by atoms with Crippen molar-refractivity contribution in [3.05, 3.63) is 68.9 Å². The number of sulfone groups is 1. The van der Waals surface area contributed by atoms with E-state index < -0.39 is 21.1 Å². The molecule has 0 fully saturated rings. The second-order valence-electron chi connectivity index (χ2n) is 4.93. The fraction of sp³-hybridized carbons (Fsp3) is 0.0667. The summed E-state index contributed by atoms with van der Waals surface area (Å²) in [6.07, 6.45) is 0. The van der Waals surface area contributed by atoms with E-state index in [1.807, 2.05) is 6.92 Å². The lowest BCUT2D eigenvalue weighted by Gasteiger charge is -2.06. The monoisotopic (exact) mass is 316 g/mol. The van der Waals surface area contributed by atoms with E-state index >= 15 is 0 Å². The average Bonchev–Trinajstić information content (AvgIpc) is 2.47. The first-order valence-electron chi connectivity index (χ1n) is 6.46. The van der Waals surface area contributed by atoms with Crippen LogP contribution in [0.2, 0.25) is 0 Å². The first kappa shape index (κ1) is 14.3. The highest BCUT2D eigenvalue weighted by molar-refractivity contribution is 7.91. The standard InChI is InChI=1S/C15H12N2O4S/c1-9-2-4-10(5-3-9)22(20,21)11-6-7-13-12(8-11)14(18)17-15(19)16-13/h2-8H,1H3,(H2,16,17,18,19). The van der Waals surface area contributed by atoms with Gasteiger partial charge in [0.25, 0.3) is 5.56 Å². The van der Waals surface area contributed by atoms with Gasteiger partial charge < -0.3 is 4.98 Å². The van der Waals surface area contributed by atoms with Crippen LogP contribution < -0.4 is 11.2 Å². The predicted molar refractivity (Wildman–Crippen MR) is 81.8 cm³/mol. The molecule has 0 unspecified atom stereocenters. The minimum absolute atomic E-state index is 0.00130. The normalized spacial score (nSPS) is 11.7. The van der Waals surface area contributed by atoms with E-state index in [1.165, 1.54) is 30.3 Å². The lowest BCUT2D eigenvalue weighted by atomic mass is 10.2. The molecule has 1 heterocycles. The lowest BCUT2D eigenvalue weighted by Crippen LogP contribution is -2.22. The van der Waals surface area contributed by atoms with Crippen molar-refractivity contribution in [3.63, 3.8) is 0 Å². The van der Waals surface area contributed by atoms with Gasteiger partial charge in [-0.2, -0.15) is 0 Å². The number of hydrogen-bond acceptors (Lipinski definition) is 4. The van der Waals surface area contributed by atoms with Crippen molar-refractivity contribution in [2.45, 2.75) is 16.7 Å². The molecular weight excluding hydrogens is 304 g/mol. The van der Waals surface area contributed by atoms with E-state index in [4.69, 9.17) is 0 Å². The summed E-state index contributed by atoms with van der Waals surface area (Å²) in [5.41, 5.74) is -0.0190. The van der Waals surface area contributed by atoms with Crippen molar-refractivity contribution in [3.8, 4) is 0 Å². The summed E-state index contributed by atoms with van der Waals surface area (Å²) in [4.78, 5) is 27.7. The van der Waals surface area contributed by atoms with Crippen LogP contribution in [0.15, 0.2) is 61.8 Å². The van der Waals surface area contributed by atoms with Crippen LogP contribution in [0.3, 0.4) is 0 Å². The Morgan fingerprint density at radius 2 is 1.50 bits per heavy atom. The summed E-state index contributed by atoms with van der Waals surface area (Å²) >= 11 is 0. The fourth-order valence-electron chi connectivity index (χ4n) is 2.16. The first-order valence-corrected chi connectivity index (χ1v) is 7.94. The highest BCUT2D eigenvalue weighted by Gasteiger charge is 2.18. The van der Waals surface area contributed by atoms with Crippen LogP contribution in [-0.2, 0) is 9.84 Å². The fourth-order valence-corrected chi connectivity index (χ4v) is 3.45. The van der Waals surface area contributed by atoms with Crippen LogP contribution >= 0.6 is 0 Å². The molecule has 7 heteroatoms. The Morgan fingerprint density at radius 1 is 0.864 bits per heavy atom. The third-order valence-electron chi connectivity index (χ3n) is 3.35. The van der Waals surface area contributed by atoms with Crippen molar-refractivity contribution in [1.29, 1.82) is 0 Å². The van der Waals surface area contributed by atoms with Gasteiger partial charge in [0.1, 0.15) is 0 Å². The number of benzene rings is 2. The van der Waals surface area contributed by atoms with Gasteiger partial charge in [0, 0.05) is 0 Å². The number of rotatable bonds is 2. The Labute approximate surface area is 125 Å². The molecule has 3 rings (SSSR count). The molecule has 0 aliphatic rings. The zero-order valence-electron chi connectivity index (χ0n) is 11.6. The maximum atomic E-state index is 12.6. The molecule has 0 saturated carbocycles. The van der Waals surface area contributed by atoms with Crippen molar-refractivity contribution < 1.29 is 8.42 Å². The Morgan fingerprint density at radius 3 is 2.18 bits per heavy atom. The Hall–Kier alpha value is -2.67. The summed E-state index contributed by atoms with van der Waals surface area (Å²) in [5, 5.41) is 0.118. The van der Waals surface area contributed by atoms with E-state index in [1.54, 1.807) is 12.1 Å². The van der Waals surface area contributed by atoms with Crippen LogP contribution in [0.25, 0.3) is 10.9 Å². The topological polar surface area (TPSA) is 99.9 Å². The number of aryl methyl sites for hydroxylation is 1. The van der Waals surface area contributed by atoms with E-state index in [0.717, 1.165) is 5.56 Å². The van der Waals surface area contributed by atoms with Crippen LogP contribution in [0, 0.1) is 6.92 Å². The molecule has 112 valence electrons. The zero-order valence-corrected chi connectivity index (χ0v) is 12.4. The van der Waals surface area contributed by atoms with Gasteiger partial charge in [-0.3, -0.25) is 9.78 Å². The predicted octanol–water partition coefficient (Wildman–Crippen LogP) is 1.36. The maximum Gasteiger partial charge on any atom is 0.326 e. The molecule has 0 radical (unpaired) electrons. The van der Waals surface area contributed by atoms with E-state index in [2.05, 4.69) is 9.97 Å². The summed E-state index contributed by atoms with van der Waals surface area (Å²) in [6, 6.07) is 10.5. The van der Waals surface area contributed by atoms with E-state index in [0.29, 0.717) is 0 Å². The number of hydrogen-bond donors (Lipinski definition) is 2. The molecule has 1 aromatic heterocycles. The molecule has 2 aromatic carbocycles. The highest BCUT2D eigenvalue weighted by atomic mass is 32.2. The molecule has 0 aliphatic carbocycles. The molecule has 6 nitrogen and oxygen atoms in total. The molecule has 0 spiro atoms. The quantitative estimate of drug-likeness (QED) is 0.745. The van der Waals surface area contributed by atoms with Gasteiger partial charge in [-0.15, -0.1) is 0 Å². The molecule has 0 amide bonds. The van der Waals surface area contributed by atoms with E-state index in [9.17, 15) is 18.0 Å². The first-order chi connectivity index (χ1) is 10.4. The molecular formula is C15H12N2O4S. The van der Waals surface area contributed by atoms with Crippen LogP contribution in [0.1, 0.15) is 5.56 Å². The largest absolute Gasteiger partial charge is 0.326 e. The van der Waals surface area contributed by atoms with Crippen molar-refractivity contribution in [2.75, 3.05) is 0 Å². The smallest absolute Gasteiger partial charge is 0.307 e. The molecule has 0 bridgehead atoms. The molecule has 0 aliphatic heterocycles. The number of nitrogens with one attached hydrogen (secondary N) is 2. The molecule has 2 N–H and O–H groups in total. The zero-order chi connectivity index (χ0) is 15.9. The number of fused-ring (bicyclic) bond motifs is 1. The summed E-state index contributed by atoms with van der Waals surface area (Å²) < 4.78 is 25.2. The lowest BCUT2D eigenvalue weighted by molar-refractivity contribution is 0.596. The van der Waals surface area contributed by atoms with Crippen molar-refractivity contribution >= 4 is 20.7 Å². The Bertz CT molecular complexity index is 1080. The third-order valence-corrected chi connectivity index (χ3v) is 5.12. The summed E-state index contributed by atoms with van der Waals surface area (Å²) in [7, 11) is -3.72. The van der Waals surface area contributed by atoms with Crippen LogP contribution in [-0.4, -0.2) is 18.4 Å². The maximum absolute atomic E-state index is 12.6. The second-order valence-corrected chi connectivity index (χ2v) is 6.88. The van der Waals surface area contributed by atoms with Crippen LogP contribution in [0.4, 0.5) is 0 Å². The Kier molecular flexibility index (Phi) is 3.22. The highest BCUT2D eigenvalue weighted by Crippen LogP contribution is 2.22. The van der Waals surface area contributed by atoms with Gasteiger partial charge in [0.05, 0.1) is 20.7 Å². The molecule has 22 heavy (non-hydrogen) atoms. The second kappa shape index (κ2) is 4.96. The van der Waals surface area contributed by atoms with Crippen molar-refractivity contribution in [2.24, 2.45) is 0 Å². The SMILES string of the molecule is Cc1ccc(S(=O)(=O)c2ccc3[nH]c(=O)[nH]c(=O)c3c2)cc1. The van der Waals surface area contributed by atoms with E-state index in [-0.39, 0.29) is 20.7 Å². The minimum atomic E-state index is -3.72. The summed E-state index contributed by atoms with van der Waals surface area (Å²) in [5.74, 6) is 0. The summed E-state index contributed by atoms with van der Waals surface area (Å²) in [6.45, 7) is 1.86.